The Kier molecular flexibility index (Phi) is 3.97. The van der Waals surface area contributed by atoms with E-state index in [4.69, 9.17) is 9.84 Å². The third-order valence-corrected chi connectivity index (χ3v) is 3.77. The first-order valence-corrected chi connectivity index (χ1v) is 5.96. The fourth-order valence-corrected chi connectivity index (χ4v) is 2.57. The van der Waals surface area contributed by atoms with Crippen LogP contribution >= 0.6 is 0 Å². The van der Waals surface area contributed by atoms with Crippen LogP contribution in [0.3, 0.4) is 0 Å². The van der Waals surface area contributed by atoms with Crippen molar-refractivity contribution in [3.05, 3.63) is 0 Å². The standard InChI is InChI=1S/C12H22O4/c1-4-9(10(13)14)12(15)6-7-16-11(3,5-2)8-12/h9,15H,4-8H2,1-3H3,(H,13,14). The van der Waals surface area contributed by atoms with Crippen LogP contribution < -0.4 is 0 Å². The molecule has 1 fully saturated rings. The van der Waals surface area contributed by atoms with Crippen LogP contribution in [0, 0.1) is 5.92 Å². The van der Waals surface area contributed by atoms with E-state index < -0.39 is 23.1 Å². The van der Waals surface area contributed by atoms with Crippen LogP contribution in [-0.4, -0.2) is 34.0 Å². The molecule has 0 aromatic carbocycles. The maximum absolute atomic E-state index is 11.1. The lowest BCUT2D eigenvalue weighted by atomic mass is 9.73. The van der Waals surface area contributed by atoms with Crippen molar-refractivity contribution in [3.63, 3.8) is 0 Å². The van der Waals surface area contributed by atoms with Gasteiger partial charge in [0.25, 0.3) is 0 Å². The summed E-state index contributed by atoms with van der Waals surface area (Å²) < 4.78 is 5.63. The summed E-state index contributed by atoms with van der Waals surface area (Å²) >= 11 is 0. The minimum atomic E-state index is -1.12. The number of aliphatic hydroxyl groups is 1. The molecule has 4 nitrogen and oxygen atoms in total. The Morgan fingerprint density at radius 2 is 2.12 bits per heavy atom. The highest BCUT2D eigenvalue weighted by molar-refractivity contribution is 5.71. The maximum atomic E-state index is 11.1. The third-order valence-electron chi connectivity index (χ3n) is 3.77. The molecule has 0 amide bonds. The summed E-state index contributed by atoms with van der Waals surface area (Å²) in [5, 5.41) is 19.6. The molecule has 1 rings (SSSR count). The van der Waals surface area contributed by atoms with Crippen molar-refractivity contribution in [2.75, 3.05) is 6.61 Å². The van der Waals surface area contributed by atoms with Gasteiger partial charge in [0.05, 0.1) is 23.7 Å². The van der Waals surface area contributed by atoms with E-state index in [1.165, 1.54) is 0 Å². The van der Waals surface area contributed by atoms with E-state index in [1.54, 1.807) is 6.92 Å². The summed E-state index contributed by atoms with van der Waals surface area (Å²) in [6.45, 7) is 6.17. The van der Waals surface area contributed by atoms with E-state index in [9.17, 15) is 9.90 Å². The maximum Gasteiger partial charge on any atom is 0.309 e. The second-order valence-electron chi connectivity index (χ2n) is 4.98. The minimum Gasteiger partial charge on any atom is -0.481 e. The third kappa shape index (κ3) is 2.55. The van der Waals surface area contributed by atoms with Gasteiger partial charge in [-0.3, -0.25) is 4.79 Å². The van der Waals surface area contributed by atoms with E-state index in [2.05, 4.69) is 0 Å². The lowest BCUT2D eigenvalue weighted by Crippen LogP contribution is -2.53. The van der Waals surface area contributed by atoms with Crippen LogP contribution in [0.25, 0.3) is 0 Å². The molecule has 0 bridgehead atoms. The molecule has 3 unspecified atom stereocenters. The summed E-state index contributed by atoms with van der Waals surface area (Å²) in [6, 6.07) is 0. The van der Waals surface area contributed by atoms with E-state index in [-0.39, 0.29) is 0 Å². The summed E-state index contributed by atoms with van der Waals surface area (Å²) in [4.78, 5) is 11.1. The number of ether oxygens (including phenoxy) is 1. The van der Waals surface area contributed by atoms with Crippen LogP contribution in [0.5, 0.6) is 0 Å². The van der Waals surface area contributed by atoms with Gasteiger partial charge in [0.2, 0.25) is 0 Å². The molecule has 0 aliphatic carbocycles. The summed E-state index contributed by atoms with van der Waals surface area (Å²) in [7, 11) is 0. The Morgan fingerprint density at radius 3 is 2.56 bits per heavy atom. The quantitative estimate of drug-likeness (QED) is 0.773. The minimum absolute atomic E-state index is 0.393. The van der Waals surface area contributed by atoms with Gasteiger partial charge in [0.1, 0.15) is 0 Å². The largest absolute Gasteiger partial charge is 0.481 e. The lowest BCUT2D eigenvalue weighted by Gasteiger charge is -2.45. The smallest absolute Gasteiger partial charge is 0.309 e. The second kappa shape index (κ2) is 4.72. The van der Waals surface area contributed by atoms with Gasteiger partial charge in [-0.05, 0) is 19.8 Å². The zero-order valence-corrected chi connectivity index (χ0v) is 10.3. The second-order valence-corrected chi connectivity index (χ2v) is 4.98. The number of aliphatic carboxylic acids is 1. The van der Waals surface area contributed by atoms with E-state index in [0.717, 1.165) is 6.42 Å². The van der Waals surface area contributed by atoms with Crippen molar-refractivity contribution < 1.29 is 19.7 Å². The van der Waals surface area contributed by atoms with Crippen molar-refractivity contribution in [1.82, 2.24) is 0 Å². The van der Waals surface area contributed by atoms with Gasteiger partial charge in [0.15, 0.2) is 0 Å². The summed E-state index contributed by atoms with van der Waals surface area (Å²) in [5.74, 6) is -1.60. The van der Waals surface area contributed by atoms with Crippen molar-refractivity contribution in [2.45, 2.75) is 57.7 Å². The topological polar surface area (TPSA) is 66.8 Å². The molecule has 4 heteroatoms. The molecular formula is C12H22O4. The van der Waals surface area contributed by atoms with Crippen LogP contribution in [0.1, 0.15) is 46.5 Å². The summed E-state index contributed by atoms with van der Waals surface area (Å²) in [6.07, 6.45) is 2.05. The molecule has 0 aromatic rings. The first kappa shape index (κ1) is 13.5. The number of rotatable bonds is 4. The molecule has 0 saturated carbocycles. The normalized spacial score (nSPS) is 37.0. The predicted molar refractivity (Wildman–Crippen MR) is 60.2 cm³/mol. The fourth-order valence-electron chi connectivity index (χ4n) is 2.57. The SMILES string of the molecule is CCC(C(=O)O)C1(O)CCOC(C)(CC)C1. The van der Waals surface area contributed by atoms with Gasteiger partial charge in [-0.2, -0.15) is 0 Å². The highest BCUT2D eigenvalue weighted by Gasteiger charge is 2.48. The van der Waals surface area contributed by atoms with Crippen molar-refractivity contribution in [3.8, 4) is 0 Å². The molecule has 0 radical (unpaired) electrons. The van der Waals surface area contributed by atoms with E-state index >= 15 is 0 Å². The van der Waals surface area contributed by atoms with Gasteiger partial charge in [-0.15, -0.1) is 0 Å². The van der Waals surface area contributed by atoms with Gasteiger partial charge in [-0.1, -0.05) is 13.8 Å². The Bertz CT molecular complexity index is 266. The molecule has 0 aromatic heterocycles. The summed E-state index contributed by atoms with van der Waals surface area (Å²) in [5.41, 5.74) is -1.51. The van der Waals surface area contributed by atoms with Gasteiger partial charge in [0, 0.05) is 12.8 Å². The monoisotopic (exact) mass is 230 g/mol. The number of hydrogen-bond acceptors (Lipinski definition) is 3. The molecule has 1 aliphatic heterocycles. The van der Waals surface area contributed by atoms with Crippen molar-refractivity contribution in [1.29, 1.82) is 0 Å². The van der Waals surface area contributed by atoms with Crippen LogP contribution in [0.15, 0.2) is 0 Å². The molecule has 94 valence electrons. The van der Waals surface area contributed by atoms with Gasteiger partial charge in [-0.25, -0.2) is 0 Å². The van der Waals surface area contributed by atoms with Crippen molar-refractivity contribution >= 4 is 5.97 Å². The zero-order chi connectivity index (χ0) is 12.4. The zero-order valence-electron chi connectivity index (χ0n) is 10.3. The van der Waals surface area contributed by atoms with E-state index in [0.29, 0.717) is 25.9 Å². The molecule has 1 saturated heterocycles. The first-order chi connectivity index (χ1) is 7.37. The molecular weight excluding hydrogens is 208 g/mol. The van der Waals surface area contributed by atoms with E-state index in [1.807, 2.05) is 13.8 Å². The highest BCUT2D eigenvalue weighted by atomic mass is 16.5. The molecule has 2 N–H and O–H groups in total. The predicted octanol–water partition coefficient (Wildman–Crippen LogP) is 1.81. The number of carboxylic acids is 1. The van der Waals surface area contributed by atoms with Crippen molar-refractivity contribution in [2.24, 2.45) is 5.92 Å². The molecule has 1 heterocycles. The molecule has 3 atom stereocenters. The van der Waals surface area contributed by atoms with Gasteiger partial charge < -0.3 is 14.9 Å². The number of carboxylic acid groups (broad SMARTS) is 1. The highest BCUT2D eigenvalue weighted by Crippen LogP contribution is 2.40. The molecule has 1 aliphatic rings. The first-order valence-electron chi connectivity index (χ1n) is 5.96. The number of hydrogen-bond donors (Lipinski definition) is 2. The Labute approximate surface area is 96.6 Å². The van der Waals surface area contributed by atoms with Crippen LogP contribution in [0.2, 0.25) is 0 Å². The van der Waals surface area contributed by atoms with Gasteiger partial charge >= 0.3 is 5.97 Å². The molecule has 0 spiro atoms. The van der Waals surface area contributed by atoms with Crippen LogP contribution in [-0.2, 0) is 9.53 Å². The Balaban J connectivity index is 2.87. The Morgan fingerprint density at radius 1 is 1.50 bits per heavy atom. The van der Waals surface area contributed by atoms with Crippen LogP contribution in [0.4, 0.5) is 0 Å². The Hall–Kier alpha value is -0.610. The average molecular weight is 230 g/mol. The lowest BCUT2D eigenvalue weighted by molar-refractivity contribution is -0.186. The average Bonchev–Trinajstić information content (AvgIpc) is 2.17. The number of carbonyl (C=O) groups is 1. The fraction of sp³-hybridized carbons (Fsp3) is 0.917. The molecule has 16 heavy (non-hydrogen) atoms.